The van der Waals surface area contributed by atoms with Gasteiger partial charge in [-0.25, -0.2) is 9.18 Å². The molecule has 114 valence electrons. The van der Waals surface area contributed by atoms with Crippen LogP contribution in [0.2, 0.25) is 0 Å². The highest BCUT2D eigenvalue weighted by molar-refractivity contribution is 5.86. The number of hydrogen-bond donors (Lipinski definition) is 2. The standard InChI is InChI=1S/C15H18FNO4/c1-3-4-8-13(15(19)20)17-14(18)10(2)21-12-7-5-6-11(16)9-12/h3,5-7,9-10,13H,1,4,8H2,2H3,(H,17,18)(H,19,20). The minimum absolute atomic E-state index is 0.204. The summed E-state index contributed by atoms with van der Waals surface area (Å²) in [5.74, 6) is -1.97. The minimum atomic E-state index is -1.12. The Hall–Kier alpha value is -2.37. The smallest absolute Gasteiger partial charge is 0.326 e. The summed E-state index contributed by atoms with van der Waals surface area (Å²) in [5.41, 5.74) is 0. The van der Waals surface area contributed by atoms with Crippen molar-refractivity contribution in [1.82, 2.24) is 5.32 Å². The zero-order chi connectivity index (χ0) is 15.8. The van der Waals surface area contributed by atoms with E-state index in [9.17, 15) is 14.0 Å². The fraction of sp³-hybridized carbons (Fsp3) is 0.333. The van der Waals surface area contributed by atoms with E-state index in [0.29, 0.717) is 6.42 Å². The molecule has 0 spiro atoms. The molecule has 1 aromatic rings. The first-order valence-corrected chi connectivity index (χ1v) is 6.50. The van der Waals surface area contributed by atoms with E-state index >= 15 is 0 Å². The summed E-state index contributed by atoms with van der Waals surface area (Å²) in [6.45, 7) is 4.97. The summed E-state index contributed by atoms with van der Waals surface area (Å²) in [5, 5.41) is 11.4. The van der Waals surface area contributed by atoms with Crippen molar-refractivity contribution >= 4 is 11.9 Å². The van der Waals surface area contributed by atoms with Gasteiger partial charge in [0.25, 0.3) is 5.91 Å². The van der Waals surface area contributed by atoms with E-state index in [1.807, 2.05) is 0 Å². The number of carbonyl (C=O) groups is 2. The third-order valence-electron chi connectivity index (χ3n) is 2.75. The molecular weight excluding hydrogens is 277 g/mol. The van der Waals surface area contributed by atoms with Gasteiger partial charge in [0.2, 0.25) is 0 Å². The monoisotopic (exact) mass is 295 g/mol. The van der Waals surface area contributed by atoms with Gasteiger partial charge in [0, 0.05) is 6.07 Å². The fourth-order valence-electron chi connectivity index (χ4n) is 1.63. The van der Waals surface area contributed by atoms with Crippen LogP contribution in [0.3, 0.4) is 0 Å². The summed E-state index contributed by atoms with van der Waals surface area (Å²) in [6, 6.07) is 4.37. The third-order valence-corrected chi connectivity index (χ3v) is 2.75. The summed E-state index contributed by atoms with van der Waals surface area (Å²) in [6.07, 6.45) is 1.36. The Morgan fingerprint density at radius 2 is 2.24 bits per heavy atom. The first-order chi connectivity index (χ1) is 9.93. The van der Waals surface area contributed by atoms with Crippen molar-refractivity contribution in [2.75, 3.05) is 0 Å². The number of halogens is 1. The fourth-order valence-corrected chi connectivity index (χ4v) is 1.63. The third kappa shape index (κ3) is 5.64. The van der Waals surface area contributed by atoms with Gasteiger partial charge in [-0.2, -0.15) is 0 Å². The highest BCUT2D eigenvalue weighted by atomic mass is 19.1. The van der Waals surface area contributed by atoms with Crippen LogP contribution in [0.25, 0.3) is 0 Å². The van der Waals surface area contributed by atoms with Crippen LogP contribution >= 0.6 is 0 Å². The highest BCUT2D eigenvalue weighted by Crippen LogP contribution is 2.14. The van der Waals surface area contributed by atoms with E-state index in [1.54, 1.807) is 6.08 Å². The van der Waals surface area contributed by atoms with Gasteiger partial charge in [-0.1, -0.05) is 12.1 Å². The lowest BCUT2D eigenvalue weighted by atomic mass is 10.1. The lowest BCUT2D eigenvalue weighted by Gasteiger charge is -2.18. The minimum Gasteiger partial charge on any atom is -0.481 e. The van der Waals surface area contributed by atoms with Crippen LogP contribution in [-0.2, 0) is 9.59 Å². The normalized spacial score (nSPS) is 13.0. The van der Waals surface area contributed by atoms with E-state index < -0.39 is 29.8 Å². The molecule has 2 N–H and O–H groups in total. The molecule has 21 heavy (non-hydrogen) atoms. The van der Waals surface area contributed by atoms with Gasteiger partial charge in [-0.05, 0) is 31.9 Å². The number of allylic oxidation sites excluding steroid dienone is 1. The number of carbonyl (C=O) groups excluding carboxylic acids is 1. The first-order valence-electron chi connectivity index (χ1n) is 6.50. The quantitative estimate of drug-likeness (QED) is 0.720. The number of benzene rings is 1. The molecule has 1 rings (SSSR count). The van der Waals surface area contributed by atoms with Crippen molar-refractivity contribution in [1.29, 1.82) is 0 Å². The van der Waals surface area contributed by atoms with Gasteiger partial charge in [0.05, 0.1) is 0 Å². The SMILES string of the molecule is C=CCCC(NC(=O)C(C)Oc1cccc(F)c1)C(=O)O. The Morgan fingerprint density at radius 3 is 2.81 bits per heavy atom. The Morgan fingerprint density at radius 1 is 1.52 bits per heavy atom. The van der Waals surface area contributed by atoms with Crippen molar-refractivity contribution in [2.45, 2.75) is 31.9 Å². The summed E-state index contributed by atoms with van der Waals surface area (Å²) >= 11 is 0. The summed E-state index contributed by atoms with van der Waals surface area (Å²) < 4.78 is 18.3. The maximum Gasteiger partial charge on any atom is 0.326 e. The molecule has 0 aliphatic heterocycles. The van der Waals surface area contributed by atoms with Crippen LogP contribution in [0.15, 0.2) is 36.9 Å². The first kappa shape index (κ1) is 16.7. The average molecular weight is 295 g/mol. The molecule has 0 radical (unpaired) electrons. The highest BCUT2D eigenvalue weighted by Gasteiger charge is 2.23. The van der Waals surface area contributed by atoms with Crippen LogP contribution in [0.5, 0.6) is 5.75 Å². The van der Waals surface area contributed by atoms with Gasteiger partial charge >= 0.3 is 5.97 Å². The lowest BCUT2D eigenvalue weighted by molar-refractivity contribution is -0.143. The molecule has 5 nitrogen and oxygen atoms in total. The van der Waals surface area contributed by atoms with Crippen LogP contribution < -0.4 is 10.1 Å². The van der Waals surface area contributed by atoms with Gasteiger partial charge < -0.3 is 15.2 Å². The molecule has 0 saturated heterocycles. The van der Waals surface area contributed by atoms with Crippen LogP contribution in [-0.4, -0.2) is 29.1 Å². The summed E-state index contributed by atoms with van der Waals surface area (Å²) in [7, 11) is 0. The number of aliphatic carboxylic acids is 1. The second kappa shape index (κ2) is 8.04. The van der Waals surface area contributed by atoms with E-state index in [1.165, 1.54) is 25.1 Å². The lowest BCUT2D eigenvalue weighted by Crippen LogP contribution is -2.46. The second-order valence-electron chi connectivity index (χ2n) is 4.48. The van der Waals surface area contributed by atoms with Crippen molar-refractivity contribution in [3.05, 3.63) is 42.7 Å². The van der Waals surface area contributed by atoms with Crippen LogP contribution in [0.1, 0.15) is 19.8 Å². The van der Waals surface area contributed by atoms with E-state index in [4.69, 9.17) is 9.84 Å². The zero-order valence-electron chi connectivity index (χ0n) is 11.7. The number of carboxylic acids is 1. The molecule has 6 heteroatoms. The average Bonchev–Trinajstić information content (AvgIpc) is 2.42. The molecule has 0 bridgehead atoms. The Bertz CT molecular complexity index is 518. The number of amides is 1. The molecule has 1 amide bonds. The maximum atomic E-state index is 13.0. The predicted molar refractivity (Wildman–Crippen MR) is 75.5 cm³/mol. The van der Waals surface area contributed by atoms with E-state index in [0.717, 1.165) is 6.07 Å². The predicted octanol–water partition coefficient (Wildman–Crippen LogP) is 2.13. The molecule has 2 atom stereocenters. The molecule has 1 aromatic carbocycles. The Labute approximate surface area is 122 Å². The number of carboxylic acid groups (broad SMARTS) is 1. The molecule has 2 unspecified atom stereocenters. The number of hydrogen-bond acceptors (Lipinski definition) is 3. The summed E-state index contributed by atoms with van der Waals surface area (Å²) in [4.78, 5) is 22.9. The van der Waals surface area contributed by atoms with E-state index in [-0.39, 0.29) is 12.2 Å². The van der Waals surface area contributed by atoms with Crippen molar-refractivity contribution in [2.24, 2.45) is 0 Å². The topological polar surface area (TPSA) is 75.6 Å². The number of rotatable bonds is 8. The van der Waals surface area contributed by atoms with Crippen LogP contribution in [0, 0.1) is 5.82 Å². The van der Waals surface area contributed by atoms with Gasteiger partial charge in [0.15, 0.2) is 6.10 Å². The molecule has 0 saturated carbocycles. The van der Waals surface area contributed by atoms with Crippen molar-refractivity contribution in [3.63, 3.8) is 0 Å². The molecule has 0 aromatic heterocycles. The molecule has 0 fully saturated rings. The van der Waals surface area contributed by atoms with Crippen molar-refractivity contribution in [3.8, 4) is 5.75 Å². The second-order valence-corrected chi connectivity index (χ2v) is 4.48. The zero-order valence-corrected chi connectivity index (χ0v) is 11.7. The Balaban J connectivity index is 2.60. The van der Waals surface area contributed by atoms with E-state index in [2.05, 4.69) is 11.9 Å². The molecule has 0 heterocycles. The van der Waals surface area contributed by atoms with Gasteiger partial charge in [-0.3, -0.25) is 4.79 Å². The number of ether oxygens (including phenoxy) is 1. The van der Waals surface area contributed by atoms with Crippen molar-refractivity contribution < 1.29 is 23.8 Å². The maximum absolute atomic E-state index is 13.0. The molecule has 0 aliphatic rings. The van der Waals surface area contributed by atoms with Gasteiger partial charge in [-0.15, -0.1) is 6.58 Å². The largest absolute Gasteiger partial charge is 0.481 e. The van der Waals surface area contributed by atoms with Gasteiger partial charge in [0.1, 0.15) is 17.6 Å². The number of nitrogens with one attached hydrogen (secondary N) is 1. The molecular formula is C15H18FNO4. The van der Waals surface area contributed by atoms with Crippen LogP contribution in [0.4, 0.5) is 4.39 Å². The molecule has 0 aliphatic carbocycles. The Kier molecular flexibility index (Phi) is 6.39.